The lowest BCUT2D eigenvalue weighted by Gasteiger charge is -2.41. The quantitative estimate of drug-likeness (QED) is 0.200. The maximum atomic E-state index is 5.20. The standard InChI is InChI=1S/C42H33N5/c1-42(2)33-23-13-15-25-36(33)47(41-44-39(28-16-6-3-7-17-28)43-40(45-41)29-18-8-4-9-19-29)38-26-32-31-22-12-14-24-35(31)46(37(32)27-34(38)42)30-20-10-5-11-21-30/h3-13,15-23,25-27H,14,24H2,1-2H3. The Morgan fingerprint density at radius 2 is 1.23 bits per heavy atom. The molecule has 1 aliphatic carbocycles. The van der Waals surface area contributed by atoms with Crippen LogP contribution in [0.1, 0.15) is 42.7 Å². The number of allylic oxidation sites excluding steroid dienone is 1. The number of rotatable bonds is 4. The van der Waals surface area contributed by atoms with Gasteiger partial charge in [-0.1, -0.05) is 123 Å². The summed E-state index contributed by atoms with van der Waals surface area (Å²) in [5, 5.41) is 1.24. The topological polar surface area (TPSA) is 46.8 Å². The predicted molar refractivity (Wildman–Crippen MR) is 192 cm³/mol. The molecule has 9 rings (SSSR count). The van der Waals surface area contributed by atoms with Gasteiger partial charge in [0.05, 0.1) is 16.9 Å². The van der Waals surface area contributed by atoms with Gasteiger partial charge in [-0.2, -0.15) is 9.97 Å². The van der Waals surface area contributed by atoms with Crippen molar-refractivity contribution < 1.29 is 0 Å². The fourth-order valence-corrected chi connectivity index (χ4v) is 7.39. The number of aromatic nitrogens is 4. The van der Waals surface area contributed by atoms with Crippen LogP contribution in [0.3, 0.4) is 0 Å². The Bertz CT molecular complexity index is 2260. The molecule has 0 spiro atoms. The molecule has 2 aromatic heterocycles. The first-order valence-corrected chi connectivity index (χ1v) is 16.3. The van der Waals surface area contributed by atoms with E-state index in [9.17, 15) is 0 Å². The summed E-state index contributed by atoms with van der Waals surface area (Å²) in [7, 11) is 0. The van der Waals surface area contributed by atoms with Gasteiger partial charge in [0, 0.05) is 38.9 Å². The summed E-state index contributed by atoms with van der Waals surface area (Å²) in [4.78, 5) is 17.7. The lowest BCUT2D eigenvalue weighted by atomic mass is 9.73. The smallest absolute Gasteiger partial charge is 0.238 e. The molecule has 1 aliphatic heterocycles. The molecule has 0 N–H and O–H groups in total. The highest BCUT2D eigenvalue weighted by Crippen LogP contribution is 2.53. The Balaban J connectivity index is 1.36. The van der Waals surface area contributed by atoms with Crippen LogP contribution >= 0.6 is 0 Å². The van der Waals surface area contributed by atoms with Gasteiger partial charge in [0.15, 0.2) is 11.6 Å². The van der Waals surface area contributed by atoms with Gasteiger partial charge in [-0.15, -0.1) is 0 Å². The Labute approximate surface area is 274 Å². The number of anilines is 3. The molecule has 0 bridgehead atoms. The molecular formula is C42H33N5. The highest BCUT2D eigenvalue weighted by atomic mass is 15.3. The minimum absolute atomic E-state index is 0.268. The van der Waals surface area contributed by atoms with Crippen LogP contribution < -0.4 is 4.90 Å². The third kappa shape index (κ3) is 4.34. The summed E-state index contributed by atoms with van der Waals surface area (Å²) in [5.41, 5.74) is 11.4. The summed E-state index contributed by atoms with van der Waals surface area (Å²) in [6.45, 7) is 4.67. The van der Waals surface area contributed by atoms with Crippen molar-refractivity contribution in [2.75, 3.05) is 4.90 Å². The van der Waals surface area contributed by atoms with Crippen LogP contribution in [0.5, 0.6) is 0 Å². The average Bonchev–Trinajstić information content (AvgIpc) is 3.46. The Morgan fingerprint density at radius 3 is 1.91 bits per heavy atom. The van der Waals surface area contributed by atoms with Crippen LogP contribution in [-0.2, 0) is 11.8 Å². The molecule has 0 atom stereocenters. The van der Waals surface area contributed by atoms with Gasteiger partial charge in [0.2, 0.25) is 5.95 Å². The van der Waals surface area contributed by atoms with Gasteiger partial charge in [-0.25, -0.2) is 4.98 Å². The van der Waals surface area contributed by atoms with Crippen molar-refractivity contribution in [3.05, 3.63) is 156 Å². The molecule has 5 aromatic carbocycles. The third-order valence-electron chi connectivity index (χ3n) is 9.69. The van der Waals surface area contributed by atoms with Crippen molar-refractivity contribution in [2.45, 2.75) is 32.1 Å². The van der Waals surface area contributed by atoms with E-state index in [0.717, 1.165) is 35.3 Å². The zero-order valence-corrected chi connectivity index (χ0v) is 26.4. The molecule has 0 saturated heterocycles. The first-order chi connectivity index (χ1) is 23.1. The van der Waals surface area contributed by atoms with Crippen LogP contribution in [0.2, 0.25) is 0 Å². The molecule has 2 aliphatic rings. The molecule has 0 amide bonds. The van der Waals surface area contributed by atoms with Gasteiger partial charge in [-0.05, 0) is 54.3 Å². The minimum atomic E-state index is -0.268. The summed E-state index contributed by atoms with van der Waals surface area (Å²) in [6, 6.07) is 44.6. The van der Waals surface area contributed by atoms with Gasteiger partial charge in [-0.3, -0.25) is 4.90 Å². The van der Waals surface area contributed by atoms with Crippen molar-refractivity contribution in [1.82, 2.24) is 19.5 Å². The maximum Gasteiger partial charge on any atom is 0.238 e. The number of nitrogens with zero attached hydrogens (tertiary/aromatic N) is 5. The lowest BCUT2D eigenvalue weighted by molar-refractivity contribution is 0.631. The normalized spacial score (nSPS) is 14.5. The maximum absolute atomic E-state index is 5.20. The van der Waals surface area contributed by atoms with Gasteiger partial charge in [0.1, 0.15) is 0 Å². The molecule has 47 heavy (non-hydrogen) atoms. The van der Waals surface area contributed by atoms with Crippen molar-refractivity contribution in [3.8, 4) is 28.5 Å². The van der Waals surface area contributed by atoms with Crippen molar-refractivity contribution >= 4 is 34.3 Å². The second kappa shape index (κ2) is 10.6. The van der Waals surface area contributed by atoms with Crippen LogP contribution in [-0.4, -0.2) is 19.5 Å². The molecule has 3 heterocycles. The fourth-order valence-electron chi connectivity index (χ4n) is 7.39. The summed E-state index contributed by atoms with van der Waals surface area (Å²) >= 11 is 0. The molecule has 5 nitrogen and oxygen atoms in total. The number of fused-ring (bicyclic) bond motifs is 5. The van der Waals surface area contributed by atoms with E-state index in [2.05, 4.69) is 126 Å². The first-order valence-electron chi connectivity index (χ1n) is 16.3. The van der Waals surface area contributed by atoms with E-state index in [-0.39, 0.29) is 5.41 Å². The largest absolute Gasteiger partial charge is 0.313 e. The molecule has 0 unspecified atom stereocenters. The van der Waals surface area contributed by atoms with E-state index in [1.54, 1.807) is 0 Å². The molecule has 0 radical (unpaired) electrons. The Kier molecular flexibility index (Phi) is 6.22. The van der Waals surface area contributed by atoms with Crippen LogP contribution in [0.25, 0.3) is 45.4 Å². The van der Waals surface area contributed by atoms with Crippen molar-refractivity contribution in [3.63, 3.8) is 0 Å². The lowest BCUT2D eigenvalue weighted by Crippen LogP contribution is -2.31. The fraction of sp³-hybridized carbons (Fsp3) is 0.119. The highest BCUT2D eigenvalue weighted by molar-refractivity contribution is 5.99. The van der Waals surface area contributed by atoms with Crippen LogP contribution in [0.15, 0.2) is 133 Å². The van der Waals surface area contributed by atoms with E-state index in [1.807, 2.05) is 36.4 Å². The summed E-state index contributed by atoms with van der Waals surface area (Å²) in [5.74, 6) is 1.90. The van der Waals surface area contributed by atoms with E-state index >= 15 is 0 Å². The molecule has 7 aromatic rings. The van der Waals surface area contributed by atoms with Crippen LogP contribution in [0.4, 0.5) is 17.3 Å². The van der Waals surface area contributed by atoms with Gasteiger partial charge >= 0.3 is 0 Å². The number of hydrogen-bond acceptors (Lipinski definition) is 4. The highest BCUT2D eigenvalue weighted by Gasteiger charge is 2.39. The van der Waals surface area contributed by atoms with E-state index in [0.29, 0.717) is 17.6 Å². The average molecular weight is 608 g/mol. The zero-order chi connectivity index (χ0) is 31.5. The number of para-hydroxylation sites is 2. The van der Waals surface area contributed by atoms with Crippen molar-refractivity contribution in [1.29, 1.82) is 0 Å². The molecular weight excluding hydrogens is 574 g/mol. The van der Waals surface area contributed by atoms with Gasteiger partial charge in [0.25, 0.3) is 0 Å². The summed E-state index contributed by atoms with van der Waals surface area (Å²) < 4.78 is 2.47. The molecule has 0 fully saturated rings. The van der Waals surface area contributed by atoms with E-state index in [4.69, 9.17) is 15.0 Å². The monoisotopic (exact) mass is 607 g/mol. The molecule has 0 saturated carbocycles. The van der Waals surface area contributed by atoms with Crippen molar-refractivity contribution in [2.24, 2.45) is 0 Å². The van der Waals surface area contributed by atoms with E-state index < -0.39 is 0 Å². The number of hydrogen-bond donors (Lipinski definition) is 0. The zero-order valence-electron chi connectivity index (χ0n) is 26.4. The SMILES string of the molecule is CC1(C)c2ccccc2N(c2nc(-c3ccccc3)nc(-c3ccccc3)n2)c2cc3c4c(n(-c5ccccc5)c3cc21)CCC=C4. The molecule has 5 heteroatoms. The summed E-state index contributed by atoms with van der Waals surface area (Å²) in [6.07, 6.45) is 6.65. The first kappa shape index (κ1) is 27.5. The third-order valence-corrected chi connectivity index (χ3v) is 9.69. The Hall–Kier alpha value is -5.81. The van der Waals surface area contributed by atoms with Gasteiger partial charge < -0.3 is 4.57 Å². The Morgan fingerprint density at radius 1 is 0.617 bits per heavy atom. The minimum Gasteiger partial charge on any atom is -0.313 e. The molecule has 226 valence electrons. The second-order valence-electron chi connectivity index (χ2n) is 12.9. The predicted octanol–water partition coefficient (Wildman–Crippen LogP) is 10.2. The second-order valence-corrected chi connectivity index (χ2v) is 12.9. The number of benzene rings is 5. The van der Waals surface area contributed by atoms with E-state index in [1.165, 1.54) is 39.0 Å². The van der Waals surface area contributed by atoms with Crippen LogP contribution in [0, 0.1) is 0 Å².